The largest absolute Gasteiger partial charge is 0.485 e. The monoisotopic (exact) mass is 297 g/mol. The summed E-state index contributed by atoms with van der Waals surface area (Å²) >= 11 is 1.75. The van der Waals surface area contributed by atoms with Crippen LogP contribution in [-0.2, 0) is 0 Å². The number of rotatable bonds is 6. The van der Waals surface area contributed by atoms with Crippen molar-refractivity contribution in [3.05, 3.63) is 65.5 Å². The highest BCUT2D eigenvalue weighted by molar-refractivity contribution is 7.17. The van der Waals surface area contributed by atoms with Crippen molar-refractivity contribution < 1.29 is 4.74 Å². The number of fused-ring (bicyclic) bond motifs is 1. The molecule has 1 N–H and O–H groups in total. The Morgan fingerprint density at radius 2 is 1.90 bits per heavy atom. The zero-order chi connectivity index (χ0) is 14.5. The van der Waals surface area contributed by atoms with E-state index in [1.165, 1.54) is 15.6 Å². The molecule has 0 fully saturated rings. The van der Waals surface area contributed by atoms with E-state index < -0.39 is 0 Å². The summed E-state index contributed by atoms with van der Waals surface area (Å²) in [5.74, 6) is 0.971. The molecule has 0 radical (unpaired) electrons. The van der Waals surface area contributed by atoms with Crippen LogP contribution in [0, 0.1) is 0 Å². The second-order valence-electron chi connectivity index (χ2n) is 5.00. The van der Waals surface area contributed by atoms with Crippen LogP contribution in [0.25, 0.3) is 10.1 Å². The molecular weight excluding hydrogens is 278 g/mol. The molecule has 0 aliphatic rings. The highest BCUT2D eigenvalue weighted by atomic mass is 32.1. The Morgan fingerprint density at radius 3 is 2.71 bits per heavy atom. The second kappa shape index (κ2) is 6.74. The Labute approximate surface area is 129 Å². The topological polar surface area (TPSA) is 21.3 Å². The number of thiophene rings is 1. The van der Waals surface area contributed by atoms with Gasteiger partial charge >= 0.3 is 0 Å². The van der Waals surface area contributed by atoms with Gasteiger partial charge in [0, 0.05) is 16.5 Å². The Morgan fingerprint density at radius 1 is 1.05 bits per heavy atom. The number of hydrogen-bond donors (Lipinski definition) is 1. The molecule has 3 heteroatoms. The van der Waals surface area contributed by atoms with Crippen molar-refractivity contribution in [1.82, 2.24) is 5.32 Å². The first-order valence-electron chi connectivity index (χ1n) is 7.21. The number of nitrogens with one attached hydrogen (secondary N) is 1. The molecule has 0 spiro atoms. The molecule has 21 heavy (non-hydrogen) atoms. The summed E-state index contributed by atoms with van der Waals surface area (Å²) in [7, 11) is 1.97. The number of benzene rings is 2. The molecule has 1 atom stereocenters. The fourth-order valence-corrected chi connectivity index (χ4v) is 3.26. The Kier molecular flexibility index (Phi) is 4.53. The summed E-state index contributed by atoms with van der Waals surface area (Å²) in [5, 5.41) is 6.52. The molecular formula is C18H19NOS. The second-order valence-corrected chi connectivity index (χ2v) is 5.95. The molecule has 1 aromatic heterocycles. The summed E-state index contributed by atoms with van der Waals surface area (Å²) in [5.41, 5.74) is 1.22. The van der Waals surface area contributed by atoms with Gasteiger partial charge in [-0.15, -0.1) is 11.3 Å². The standard InChI is InChI=1S/C18H19NOS/c1-19-12-10-16(14-6-3-2-4-7-14)20-17-8-5-9-18-15(17)11-13-21-18/h2-9,11,13,16,19H,10,12H2,1H3/t16-/m1/s1. The van der Waals surface area contributed by atoms with Crippen LogP contribution in [0.3, 0.4) is 0 Å². The van der Waals surface area contributed by atoms with Crippen LogP contribution in [0.4, 0.5) is 0 Å². The fourth-order valence-electron chi connectivity index (χ4n) is 2.46. The minimum absolute atomic E-state index is 0.0733. The van der Waals surface area contributed by atoms with Gasteiger partial charge in [-0.25, -0.2) is 0 Å². The smallest absolute Gasteiger partial charge is 0.128 e. The first-order valence-corrected chi connectivity index (χ1v) is 8.09. The van der Waals surface area contributed by atoms with Gasteiger partial charge in [0.25, 0.3) is 0 Å². The lowest BCUT2D eigenvalue weighted by atomic mass is 10.1. The van der Waals surface area contributed by atoms with Crippen LogP contribution in [0.15, 0.2) is 60.0 Å². The molecule has 0 unspecified atom stereocenters. The van der Waals surface area contributed by atoms with Crippen LogP contribution in [0.5, 0.6) is 5.75 Å². The van der Waals surface area contributed by atoms with Gasteiger partial charge in [0.15, 0.2) is 0 Å². The molecule has 0 aliphatic heterocycles. The predicted molar refractivity (Wildman–Crippen MR) is 90.2 cm³/mol. The van der Waals surface area contributed by atoms with Crippen molar-refractivity contribution >= 4 is 21.4 Å². The number of ether oxygens (including phenoxy) is 1. The molecule has 0 saturated heterocycles. The highest BCUT2D eigenvalue weighted by Crippen LogP contribution is 2.33. The first kappa shape index (κ1) is 14.1. The third-order valence-electron chi connectivity index (χ3n) is 3.55. The van der Waals surface area contributed by atoms with Crippen LogP contribution >= 0.6 is 11.3 Å². The predicted octanol–water partition coefficient (Wildman–Crippen LogP) is 4.63. The van der Waals surface area contributed by atoms with E-state index in [2.05, 4.69) is 59.2 Å². The molecule has 3 rings (SSSR count). The normalized spacial score (nSPS) is 12.4. The van der Waals surface area contributed by atoms with Gasteiger partial charge in [-0.1, -0.05) is 36.4 Å². The van der Waals surface area contributed by atoms with Gasteiger partial charge in [-0.3, -0.25) is 0 Å². The minimum Gasteiger partial charge on any atom is -0.485 e. The summed E-state index contributed by atoms with van der Waals surface area (Å²) in [6.45, 7) is 0.930. The quantitative estimate of drug-likeness (QED) is 0.716. The van der Waals surface area contributed by atoms with E-state index in [0.29, 0.717) is 0 Å². The Bertz CT molecular complexity index is 693. The van der Waals surface area contributed by atoms with Crippen molar-refractivity contribution in [3.8, 4) is 5.75 Å². The maximum atomic E-state index is 6.34. The SMILES string of the molecule is CNCC[C@@H](Oc1cccc2sccc12)c1ccccc1. The van der Waals surface area contributed by atoms with E-state index in [1.807, 2.05) is 13.1 Å². The molecule has 0 amide bonds. The van der Waals surface area contributed by atoms with Gasteiger partial charge in [0.05, 0.1) is 0 Å². The van der Waals surface area contributed by atoms with E-state index in [1.54, 1.807) is 11.3 Å². The fraction of sp³-hybridized carbons (Fsp3) is 0.222. The molecule has 2 aromatic carbocycles. The van der Waals surface area contributed by atoms with E-state index in [4.69, 9.17) is 4.74 Å². The van der Waals surface area contributed by atoms with Crippen molar-refractivity contribution in [2.24, 2.45) is 0 Å². The Balaban J connectivity index is 1.89. The van der Waals surface area contributed by atoms with E-state index in [9.17, 15) is 0 Å². The first-order chi connectivity index (χ1) is 10.4. The molecule has 1 heterocycles. The zero-order valence-corrected chi connectivity index (χ0v) is 12.9. The average Bonchev–Trinajstić information content (AvgIpc) is 3.01. The zero-order valence-electron chi connectivity index (χ0n) is 12.1. The highest BCUT2D eigenvalue weighted by Gasteiger charge is 2.14. The van der Waals surface area contributed by atoms with Gasteiger partial charge in [-0.05, 0) is 42.7 Å². The minimum atomic E-state index is 0.0733. The summed E-state index contributed by atoms with van der Waals surface area (Å²) in [6, 6.07) is 18.8. The lowest BCUT2D eigenvalue weighted by Gasteiger charge is -2.20. The molecule has 108 valence electrons. The number of hydrogen-bond acceptors (Lipinski definition) is 3. The summed E-state index contributed by atoms with van der Waals surface area (Å²) < 4.78 is 7.61. The molecule has 0 aliphatic carbocycles. The van der Waals surface area contributed by atoms with Gasteiger partial charge in [-0.2, -0.15) is 0 Å². The lowest BCUT2D eigenvalue weighted by molar-refractivity contribution is 0.197. The van der Waals surface area contributed by atoms with E-state index >= 15 is 0 Å². The van der Waals surface area contributed by atoms with Gasteiger partial charge in [0.1, 0.15) is 11.9 Å². The maximum Gasteiger partial charge on any atom is 0.128 e. The summed E-state index contributed by atoms with van der Waals surface area (Å²) in [4.78, 5) is 0. The van der Waals surface area contributed by atoms with Crippen molar-refractivity contribution in [1.29, 1.82) is 0 Å². The van der Waals surface area contributed by atoms with Crippen LogP contribution in [0.1, 0.15) is 18.1 Å². The van der Waals surface area contributed by atoms with E-state index in [0.717, 1.165) is 18.7 Å². The average molecular weight is 297 g/mol. The van der Waals surface area contributed by atoms with Crippen LogP contribution in [0.2, 0.25) is 0 Å². The maximum absolute atomic E-state index is 6.34. The molecule has 0 saturated carbocycles. The lowest BCUT2D eigenvalue weighted by Crippen LogP contribution is -2.16. The van der Waals surface area contributed by atoms with Gasteiger partial charge < -0.3 is 10.1 Å². The molecule has 0 bridgehead atoms. The van der Waals surface area contributed by atoms with Crippen molar-refractivity contribution in [2.75, 3.05) is 13.6 Å². The van der Waals surface area contributed by atoms with Crippen molar-refractivity contribution in [2.45, 2.75) is 12.5 Å². The van der Waals surface area contributed by atoms with Crippen LogP contribution < -0.4 is 10.1 Å². The third-order valence-corrected chi connectivity index (χ3v) is 4.44. The van der Waals surface area contributed by atoms with E-state index in [-0.39, 0.29) is 6.10 Å². The third kappa shape index (κ3) is 3.26. The van der Waals surface area contributed by atoms with Crippen molar-refractivity contribution in [3.63, 3.8) is 0 Å². The molecule has 3 aromatic rings. The van der Waals surface area contributed by atoms with Crippen LogP contribution in [-0.4, -0.2) is 13.6 Å². The summed E-state index contributed by atoms with van der Waals surface area (Å²) in [6.07, 6.45) is 1.02. The Hall–Kier alpha value is -1.84. The van der Waals surface area contributed by atoms with Gasteiger partial charge in [0.2, 0.25) is 0 Å². The molecule has 2 nitrogen and oxygen atoms in total.